The molecule has 0 spiro atoms. The molecule has 1 aromatic carbocycles. The molecule has 0 saturated heterocycles. The second-order valence-corrected chi connectivity index (χ2v) is 5.24. The highest BCUT2D eigenvalue weighted by Crippen LogP contribution is 2.43. The summed E-state index contributed by atoms with van der Waals surface area (Å²) in [7, 11) is 1.55. The summed E-state index contributed by atoms with van der Waals surface area (Å²) in [4.78, 5) is 16.4. The first-order valence-corrected chi connectivity index (χ1v) is 6.29. The van der Waals surface area contributed by atoms with Gasteiger partial charge in [0, 0.05) is 10.7 Å². The molecule has 1 heterocycles. The fourth-order valence-electron chi connectivity index (χ4n) is 1.63. The van der Waals surface area contributed by atoms with Gasteiger partial charge in [0.25, 0.3) is 0 Å². The number of ether oxygens (including phenoxy) is 1. The second-order valence-electron chi connectivity index (χ2n) is 3.53. The van der Waals surface area contributed by atoms with Crippen LogP contribution < -0.4 is 4.74 Å². The van der Waals surface area contributed by atoms with E-state index in [4.69, 9.17) is 4.74 Å². The summed E-state index contributed by atoms with van der Waals surface area (Å²) in [6.07, 6.45) is 1.66. The molecule has 5 heteroatoms. The number of methoxy groups -OCH3 is 1. The fraction of sp³-hybridized carbons (Fsp3) is 0.273. The Morgan fingerprint density at radius 1 is 1.38 bits per heavy atom. The molecule has 3 nitrogen and oxygen atoms in total. The first-order valence-electron chi connectivity index (χ1n) is 4.70. The van der Waals surface area contributed by atoms with Crippen molar-refractivity contribution in [2.24, 2.45) is 10.9 Å². The number of carbonyl (C=O) groups is 1. The van der Waals surface area contributed by atoms with E-state index in [0.717, 1.165) is 8.95 Å². The van der Waals surface area contributed by atoms with Crippen LogP contribution in [0.5, 0.6) is 5.75 Å². The third-order valence-corrected chi connectivity index (χ3v) is 3.65. The van der Waals surface area contributed by atoms with Crippen molar-refractivity contribution in [1.82, 2.24) is 0 Å². The van der Waals surface area contributed by atoms with Crippen molar-refractivity contribution in [3.63, 3.8) is 0 Å². The van der Waals surface area contributed by atoms with Gasteiger partial charge in [-0.3, -0.25) is 9.79 Å². The molecular weight excluding hydrogens is 338 g/mol. The van der Waals surface area contributed by atoms with Gasteiger partial charge < -0.3 is 4.74 Å². The summed E-state index contributed by atoms with van der Waals surface area (Å²) in [6.45, 7) is 1.82. The third-order valence-electron chi connectivity index (χ3n) is 2.45. The maximum atomic E-state index is 12.1. The quantitative estimate of drug-likeness (QED) is 0.776. The number of Topliss-reactive ketones (excluding diaryl/α,β-unsaturated/α-hetero) is 1. The third kappa shape index (κ3) is 1.72. The van der Waals surface area contributed by atoms with Gasteiger partial charge in [0.1, 0.15) is 5.75 Å². The van der Waals surface area contributed by atoms with E-state index in [0.29, 0.717) is 17.0 Å². The first kappa shape index (κ1) is 11.8. The van der Waals surface area contributed by atoms with E-state index >= 15 is 0 Å². The van der Waals surface area contributed by atoms with Crippen molar-refractivity contribution in [2.45, 2.75) is 6.92 Å². The van der Waals surface area contributed by atoms with E-state index in [1.54, 1.807) is 13.3 Å². The van der Waals surface area contributed by atoms with Crippen LogP contribution in [-0.4, -0.2) is 19.1 Å². The van der Waals surface area contributed by atoms with E-state index in [-0.39, 0.29) is 11.7 Å². The first-order chi connectivity index (χ1) is 7.56. The molecule has 1 aliphatic heterocycles. The number of hydrogen-bond donors (Lipinski definition) is 0. The highest BCUT2D eigenvalue weighted by molar-refractivity contribution is 9.11. The summed E-state index contributed by atoms with van der Waals surface area (Å²) in [5, 5.41) is 0. The highest BCUT2D eigenvalue weighted by Gasteiger charge is 2.28. The summed E-state index contributed by atoms with van der Waals surface area (Å²) in [6, 6.07) is 1.83. The van der Waals surface area contributed by atoms with Gasteiger partial charge in [-0.25, -0.2) is 0 Å². The highest BCUT2D eigenvalue weighted by atomic mass is 79.9. The van der Waals surface area contributed by atoms with Gasteiger partial charge in [-0.2, -0.15) is 0 Å². The minimum atomic E-state index is -0.206. The molecule has 0 N–H and O–H groups in total. The number of benzene rings is 1. The lowest BCUT2D eigenvalue weighted by atomic mass is 9.95. The number of nitrogens with zero attached hydrogens (tertiary/aromatic N) is 1. The molecule has 0 aliphatic carbocycles. The maximum Gasteiger partial charge on any atom is 0.176 e. The Morgan fingerprint density at radius 3 is 2.69 bits per heavy atom. The molecule has 1 aromatic rings. The average Bonchev–Trinajstić information content (AvgIpc) is 2.24. The molecule has 1 aliphatic rings. The normalized spacial score (nSPS) is 18.5. The van der Waals surface area contributed by atoms with Crippen LogP contribution in [0.2, 0.25) is 0 Å². The predicted octanol–water partition coefficient (Wildman–Crippen LogP) is 3.75. The number of hydrogen-bond acceptors (Lipinski definition) is 3. The molecule has 0 amide bonds. The van der Waals surface area contributed by atoms with Crippen LogP contribution in [0.3, 0.4) is 0 Å². The van der Waals surface area contributed by atoms with Gasteiger partial charge in [0.15, 0.2) is 5.78 Å². The Labute approximate surface area is 110 Å². The Bertz CT molecular complexity index is 497. The molecule has 1 unspecified atom stereocenters. The van der Waals surface area contributed by atoms with Crippen molar-refractivity contribution in [3.8, 4) is 5.75 Å². The maximum absolute atomic E-state index is 12.1. The molecule has 16 heavy (non-hydrogen) atoms. The van der Waals surface area contributed by atoms with Gasteiger partial charge in [-0.15, -0.1) is 0 Å². The standard InChI is InChI=1S/C11H9Br2NO2/c1-5-4-14-9-6(12)3-7(13)11(16-2)8(9)10(5)15/h3-5H,1-2H3. The lowest BCUT2D eigenvalue weighted by molar-refractivity contribution is 0.0959. The van der Waals surface area contributed by atoms with Gasteiger partial charge in [0.2, 0.25) is 0 Å². The number of aliphatic imine (C=N–C) groups is 1. The van der Waals surface area contributed by atoms with Crippen molar-refractivity contribution in [1.29, 1.82) is 0 Å². The van der Waals surface area contributed by atoms with Crippen LogP contribution in [0.15, 0.2) is 20.0 Å². The monoisotopic (exact) mass is 345 g/mol. The Morgan fingerprint density at radius 2 is 2.06 bits per heavy atom. The van der Waals surface area contributed by atoms with Crippen LogP contribution in [0.1, 0.15) is 17.3 Å². The van der Waals surface area contributed by atoms with Crippen molar-refractivity contribution in [2.75, 3.05) is 7.11 Å². The van der Waals surface area contributed by atoms with Crippen LogP contribution in [-0.2, 0) is 0 Å². The van der Waals surface area contributed by atoms with E-state index in [1.165, 1.54) is 0 Å². The molecular formula is C11H9Br2NO2. The van der Waals surface area contributed by atoms with Crippen LogP contribution in [0.4, 0.5) is 5.69 Å². The lowest BCUT2D eigenvalue weighted by Gasteiger charge is -2.19. The van der Waals surface area contributed by atoms with E-state index in [2.05, 4.69) is 36.9 Å². The predicted molar refractivity (Wildman–Crippen MR) is 70.0 cm³/mol. The molecule has 84 valence electrons. The molecule has 0 fully saturated rings. The fourth-order valence-corrected chi connectivity index (χ4v) is 3.05. The molecule has 0 bridgehead atoms. The summed E-state index contributed by atoms with van der Waals surface area (Å²) in [5.74, 6) is 0.373. The SMILES string of the molecule is COc1c(Br)cc(Br)c2c1C(=O)C(C)C=N2. The number of halogens is 2. The minimum absolute atomic E-state index is 0.0313. The summed E-state index contributed by atoms with van der Waals surface area (Å²) in [5.41, 5.74) is 1.18. The number of fused-ring (bicyclic) bond motifs is 1. The number of ketones is 1. The topological polar surface area (TPSA) is 38.7 Å². The van der Waals surface area contributed by atoms with Gasteiger partial charge in [-0.05, 0) is 37.9 Å². The summed E-state index contributed by atoms with van der Waals surface area (Å²) < 4.78 is 6.79. The average molecular weight is 347 g/mol. The Balaban J connectivity index is 2.78. The molecule has 0 saturated carbocycles. The van der Waals surface area contributed by atoms with Crippen molar-refractivity contribution in [3.05, 3.63) is 20.6 Å². The zero-order valence-corrected chi connectivity index (χ0v) is 11.9. The molecule has 2 rings (SSSR count). The molecule has 0 aromatic heterocycles. The lowest BCUT2D eigenvalue weighted by Crippen LogP contribution is -2.17. The zero-order valence-electron chi connectivity index (χ0n) is 8.75. The van der Waals surface area contributed by atoms with Crippen LogP contribution in [0, 0.1) is 5.92 Å². The summed E-state index contributed by atoms with van der Waals surface area (Å²) >= 11 is 6.77. The second kappa shape index (κ2) is 4.30. The number of carbonyl (C=O) groups excluding carboxylic acids is 1. The van der Waals surface area contributed by atoms with E-state index in [1.807, 2.05) is 13.0 Å². The van der Waals surface area contributed by atoms with Gasteiger partial charge >= 0.3 is 0 Å². The Hall–Kier alpha value is -0.680. The van der Waals surface area contributed by atoms with Crippen molar-refractivity contribution >= 4 is 49.5 Å². The number of rotatable bonds is 1. The molecule has 1 atom stereocenters. The van der Waals surface area contributed by atoms with E-state index in [9.17, 15) is 4.79 Å². The smallest absolute Gasteiger partial charge is 0.176 e. The largest absolute Gasteiger partial charge is 0.495 e. The van der Waals surface area contributed by atoms with Crippen LogP contribution in [0.25, 0.3) is 0 Å². The Kier molecular flexibility index (Phi) is 3.17. The van der Waals surface area contributed by atoms with E-state index < -0.39 is 0 Å². The van der Waals surface area contributed by atoms with Crippen LogP contribution >= 0.6 is 31.9 Å². The zero-order chi connectivity index (χ0) is 11.9. The van der Waals surface area contributed by atoms with Gasteiger partial charge in [-0.1, -0.05) is 6.92 Å². The molecule has 0 radical (unpaired) electrons. The van der Waals surface area contributed by atoms with Gasteiger partial charge in [0.05, 0.1) is 28.8 Å². The minimum Gasteiger partial charge on any atom is -0.495 e. The van der Waals surface area contributed by atoms with Crippen molar-refractivity contribution < 1.29 is 9.53 Å².